The van der Waals surface area contributed by atoms with E-state index in [-0.39, 0.29) is 12.4 Å². The van der Waals surface area contributed by atoms with E-state index in [0.29, 0.717) is 13.0 Å². The van der Waals surface area contributed by atoms with Crippen LogP contribution in [0.25, 0.3) is 0 Å². The molecule has 0 radical (unpaired) electrons. The molecular formula is C18H25NO3. The molecule has 1 saturated heterocycles. The number of hydrogen-bond donors (Lipinski definition) is 1. The van der Waals surface area contributed by atoms with Crippen LogP contribution in [0.2, 0.25) is 0 Å². The summed E-state index contributed by atoms with van der Waals surface area (Å²) in [6.07, 6.45) is 9.58. The highest BCUT2D eigenvalue weighted by Crippen LogP contribution is 2.14. The molecule has 1 aromatic rings. The molecule has 4 heteroatoms. The van der Waals surface area contributed by atoms with Gasteiger partial charge in [0.1, 0.15) is 0 Å². The third kappa shape index (κ3) is 7.04. The van der Waals surface area contributed by atoms with Crippen LogP contribution in [0.15, 0.2) is 24.5 Å². The molecule has 2 atom stereocenters. The van der Waals surface area contributed by atoms with Crippen LogP contribution in [0, 0.1) is 11.8 Å². The summed E-state index contributed by atoms with van der Waals surface area (Å²) < 4.78 is 11.2. The van der Waals surface area contributed by atoms with Gasteiger partial charge in [-0.2, -0.15) is 0 Å². The fourth-order valence-corrected chi connectivity index (χ4v) is 2.35. The standard InChI is InChI=1S/C18H25NO3/c20-17(10-5-7-16-8-6-12-19-15-16)9-1-3-13-21-18-11-2-4-14-22-18/h6,8,12,15,17-18,20H,1-4,9-11,13-14H2/t17-,18-/m0/s1. The molecule has 1 N–H and O–H groups in total. The first-order valence-corrected chi connectivity index (χ1v) is 8.15. The maximum absolute atomic E-state index is 9.89. The van der Waals surface area contributed by atoms with Crippen molar-refractivity contribution in [2.75, 3.05) is 13.2 Å². The first-order chi connectivity index (χ1) is 10.8. The minimum atomic E-state index is -0.366. The molecule has 0 bridgehead atoms. The average Bonchev–Trinajstić information content (AvgIpc) is 2.56. The van der Waals surface area contributed by atoms with Crippen LogP contribution >= 0.6 is 0 Å². The fraction of sp³-hybridized carbons (Fsp3) is 0.611. The SMILES string of the molecule is O[C@H](CC#Cc1cccnc1)CCCCO[C@@H]1CCCCO1. The molecule has 2 heterocycles. The van der Waals surface area contributed by atoms with Gasteiger partial charge in [0.25, 0.3) is 0 Å². The summed E-state index contributed by atoms with van der Waals surface area (Å²) >= 11 is 0. The monoisotopic (exact) mass is 303 g/mol. The Bertz CT molecular complexity index is 460. The van der Waals surface area contributed by atoms with Gasteiger partial charge >= 0.3 is 0 Å². The fourth-order valence-electron chi connectivity index (χ4n) is 2.35. The van der Waals surface area contributed by atoms with E-state index in [9.17, 15) is 5.11 Å². The van der Waals surface area contributed by atoms with E-state index in [1.54, 1.807) is 12.4 Å². The van der Waals surface area contributed by atoms with Gasteiger partial charge in [-0.05, 0) is 50.7 Å². The van der Waals surface area contributed by atoms with Gasteiger partial charge < -0.3 is 14.6 Å². The molecule has 0 saturated carbocycles. The van der Waals surface area contributed by atoms with Gasteiger partial charge in [0, 0.05) is 37.6 Å². The second kappa shape index (κ2) is 10.3. The highest BCUT2D eigenvalue weighted by molar-refractivity contribution is 5.31. The number of unbranched alkanes of at least 4 members (excludes halogenated alkanes) is 1. The molecule has 1 fully saturated rings. The Morgan fingerprint density at radius 3 is 3.14 bits per heavy atom. The van der Waals surface area contributed by atoms with Gasteiger partial charge in [-0.25, -0.2) is 0 Å². The Hall–Kier alpha value is -1.41. The van der Waals surface area contributed by atoms with Crippen LogP contribution in [0.5, 0.6) is 0 Å². The van der Waals surface area contributed by atoms with Gasteiger partial charge in [-0.15, -0.1) is 0 Å². The van der Waals surface area contributed by atoms with E-state index in [0.717, 1.165) is 44.3 Å². The molecule has 1 aromatic heterocycles. The smallest absolute Gasteiger partial charge is 0.157 e. The van der Waals surface area contributed by atoms with Crippen molar-refractivity contribution in [1.29, 1.82) is 0 Å². The largest absolute Gasteiger partial charge is 0.392 e. The maximum atomic E-state index is 9.89. The number of rotatable bonds is 7. The molecule has 0 aliphatic carbocycles. The van der Waals surface area contributed by atoms with Crippen LogP contribution in [0.4, 0.5) is 0 Å². The summed E-state index contributed by atoms with van der Waals surface area (Å²) in [6, 6.07) is 3.77. The van der Waals surface area contributed by atoms with Crippen LogP contribution in [0.1, 0.15) is 50.5 Å². The van der Waals surface area contributed by atoms with Crippen molar-refractivity contribution in [1.82, 2.24) is 4.98 Å². The second-order valence-electron chi connectivity index (χ2n) is 5.56. The van der Waals surface area contributed by atoms with E-state index in [2.05, 4.69) is 16.8 Å². The van der Waals surface area contributed by atoms with Crippen molar-refractivity contribution in [3.63, 3.8) is 0 Å². The van der Waals surface area contributed by atoms with Gasteiger partial charge in [-0.1, -0.05) is 11.8 Å². The molecule has 0 unspecified atom stereocenters. The second-order valence-corrected chi connectivity index (χ2v) is 5.56. The van der Waals surface area contributed by atoms with Gasteiger partial charge in [0.15, 0.2) is 6.29 Å². The first kappa shape index (κ1) is 17.0. The summed E-state index contributed by atoms with van der Waals surface area (Å²) in [5, 5.41) is 9.89. The van der Waals surface area contributed by atoms with Crippen LogP contribution < -0.4 is 0 Å². The van der Waals surface area contributed by atoms with E-state index in [1.165, 1.54) is 6.42 Å². The molecule has 1 aliphatic heterocycles. The van der Waals surface area contributed by atoms with E-state index in [4.69, 9.17) is 9.47 Å². The van der Waals surface area contributed by atoms with Gasteiger partial charge in [0.2, 0.25) is 0 Å². The van der Waals surface area contributed by atoms with Crippen LogP contribution in [-0.4, -0.2) is 35.7 Å². The third-order valence-electron chi connectivity index (χ3n) is 3.61. The number of hydrogen-bond acceptors (Lipinski definition) is 4. The summed E-state index contributed by atoms with van der Waals surface area (Å²) in [5.41, 5.74) is 0.885. The summed E-state index contributed by atoms with van der Waals surface area (Å²) in [4.78, 5) is 4.00. The number of aliphatic hydroxyl groups is 1. The molecule has 2 rings (SSSR count). The minimum absolute atomic E-state index is 0.0102. The zero-order chi connectivity index (χ0) is 15.5. The number of nitrogens with zero attached hydrogens (tertiary/aromatic N) is 1. The molecule has 0 amide bonds. The summed E-state index contributed by atoms with van der Waals surface area (Å²) in [5.74, 6) is 6.01. The Kier molecular flexibility index (Phi) is 7.97. The predicted octanol–water partition coefficient (Wildman–Crippen LogP) is 2.90. The third-order valence-corrected chi connectivity index (χ3v) is 3.61. The normalized spacial score (nSPS) is 19.2. The number of aliphatic hydroxyl groups excluding tert-OH is 1. The number of pyridine rings is 1. The van der Waals surface area contributed by atoms with Crippen molar-refractivity contribution >= 4 is 0 Å². The predicted molar refractivity (Wildman–Crippen MR) is 85.1 cm³/mol. The molecule has 120 valence electrons. The average molecular weight is 303 g/mol. The van der Waals surface area contributed by atoms with E-state index in [1.807, 2.05) is 12.1 Å². The van der Waals surface area contributed by atoms with Crippen molar-refractivity contribution in [3.8, 4) is 11.8 Å². The molecule has 1 aliphatic rings. The molecule has 0 spiro atoms. The molecule has 4 nitrogen and oxygen atoms in total. The highest BCUT2D eigenvalue weighted by atomic mass is 16.7. The summed E-state index contributed by atoms with van der Waals surface area (Å²) in [7, 11) is 0. The number of ether oxygens (including phenoxy) is 2. The Balaban J connectivity index is 1.50. The molecule has 0 aromatic carbocycles. The lowest BCUT2D eigenvalue weighted by Gasteiger charge is -2.22. The first-order valence-electron chi connectivity index (χ1n) is 8.15. The lowest BCUT2D eigenvalue weighted by molar-refractivity contribution is -0.162. The Morgan fingerprint density at radius 2 is 2.36 bits per heavy atom. The highest BCUT2D eigenvalue weighted by Gasteiger charge is 2.13. The van der Waals surface area contributed by atoms with Crippen molar-refractivity contribution in [2.45, 2.75) is 57.3 Å². The minimum Gasteiger partial charge on any atom is -0.392 e. The van der Waals surface area contributed by atoms with Gasteiger partial charge in [-0.3, -0.25) is 4.98 Å². The lowest BCUT2D eigenvalue weighted by atomic mass is 10.1. The lowest BCUT2D eigenvalue weighted by Crippen LogP contribution is -2.22. The summed E-state index contributed by atoms with van der Waals surface area (Å²) in [6.45, 7) is 1.53. The van der Waals surface area contributed by atoms with Crippen LogP contribution in [0.3, 0.4) is 0 Å². The Morgan fingerprint density at radius 1 is 1.41 bits per heavy atom. The maximum Gasteiger partial charge on any atom is 0.157 e. The van der Waals surface area contributed by atoms with E-state index >= 15 is 0 Å². The van der Waals surface area contributed by atoms with Crippen molar-refractivity contribution in [3.05, 3.63) is 30.1 Å². The molecule has 22 heavy (non-hydrogen) atoms. The molecular weight excluding hydrogens is 278 g/mol. The topological polar surface area (TPSA) is 51.6 Å². The van der Waals surface area contributed by atoms with Crippen LogP contribution in [-0.2, 0) is 9.47 Å². The van der Waals surface area contributed by atoms with E-state index < -0.39 is 0 Å². The zero-order valence-corrected chi connectivity index (χ0v) is 13.0. The number of aromatic nitrogens is 1. The van der Waals surface area contributed by atoms with Crippen molar-refractivity contribution in [2.24, 2.45) is 0 Å². The Labute approximate surface area is 132 Å². The zero-order valence-electron chi connectivity index (χ0n) is 13.0. The van der Waals surface area contributed by atoms with Gasteiger partial charge in [0.05, 0.1) is 6.10 Å². The van der Waals surface area contributed by atoms with Crippen molar-refractivity contribution < 1.29 is 14.6 Å². The quantitative estimate of drug-likeness (QED) is 0.621.